The summed E-state index contributed by atoms with van der Waals surface area (Å²) in [6, 6.07) is 7.65. The molecule has 0 saturated carbocycles. The lowest BCUT2D eigenvalue weighted by molar-refractivity contribution is 0.186. The zero-order valence-corrected chi connectivity index (χ0v) is 8.84. The average molecular weight is 219 g/mol. The van der Waals surface area contributed by atoms with E-state index in [1.54, 1.807) is 25.4 Å². The number of benzene rings is 1. The maximum Gasteiger partial charge on any atom is 0.294 e. The summed E-state index contributed by atoms with van der Waals surface area (Å²) >= 11 is 0. The zero-order valence-electron chi connectivity index (χ0n) is 8.84. The van der Waals surface area contributed by atoms with Crippen LogP contribution in [-0.2, 0) is 0 Å². The van der Waals surface area contributed by atoms with E-state index in [1.165, 1.54) is 0 Å². The fourth-order valence-corrected chi connectivity index (χ4v) is 1.40. The van der Waals surface area contributed by atoms with E-state index < -0.39 is 6.23 Å². The highest BCUT2D eigenvalue weighted by atomic mass is 16.4. The summed E-state index contributed by atoms with van der Waals surface area (Å²) in [5.41, 5.74) is 6.86. The fourth-order valence-electron chi connectivity index (χ4n) is 1.40. The second-order valence-electron chi connectivity index (χ2n) is 3.35. The Labute approximate surface area is 92.9 Å². The van der Waals surface area contributed by atoms with Crippen LogP contribution in [0.4, 0.5) is 6.01 Å². The molecule has 5 nitrogen and oxygen atoms in total. The van der Waals surface area contributed by atoms with E-state index >= 15 is 0 Å². The summed E-state index contributed by atoms with van der Waals surface area (Å²) < 4.78 is 5.41. The van der Waals surface area contributed by atoms with Gasteiger partial charge in [-0.15, -0.1) is 0 Å². The lowest BCUT2D eigenvalue weighted by Gasteiger charge is -2.05. The molecule has 1 unspecified atom stereocenters. The van der Waals surface area contributed by atoms with Crippen molar-refractivity contribution in [2.24, 2.45) is 5.73 Å². The summed E-state index contributed by atoms with van der Waals surface area (Å²) in [6.45, 7) is 0. The number of aromatic nitrogens is 1. The van der Waals surface area contributed by atoms with E-state index in [9.17, 15) is 5.11 Å². The number of anilines is 1. The van der Waals surface area contributed by atoms with Gasteiger partial charge in [0, 0.05) is 12.6 Å². The summed E-state index contributed by atoms with van der Waals surface area (Å²) in [6.07, 6.45) is 0.639. The third kappa shape index (κ3) is 2.05. The van der Waals surface area contributed by atoms with Crippen LogP contribution >= 0.6 is 0 Å². The first kappa shape index (κ1) is 10.7. The van der Waals surface area contributed by atoms with Crippen LogP contribution in [0.5, 0.6) is 0 Å². The summed E-state index contributed by atoms with van der Waals surface area (Å²) in [5.74, 6) is 0.631. The molecule has 4 N–H and O–H groups in total. The Hall–Kier alpha value is -1.85. The standard InChI is InChI=1S/C11H13N3O2/c1-13-11-14-6-9(16-11)7-3-2-4-8(5-7)10(12)15/h2-6,10,15H,12H2,1H3,(H,13,14). The van der Waals surface area contributed by atoms with Crippen molar-refractivity contribution < 1.29 is 9.52 Å². The van der Waals surface area contributed by atoms with E-state index in [0.29, 0.717) is 17.3 Å². The van der Waals surface area contributed by atoms with Crippen molar-refractivity contribution in [3.63, 3.8) is 0 Å². The molecule has 0 aliphatic heterocycles. The minimum atomic E-state index is -0.980. The molecule has 0 bridgehead atoms. The number of rotatable bonds is 3. The third-order valence-electron chi connectivity index (χ3n) is 2.23. The smallest absolute Gasteiger partial charge is 0.294 e. The molecule has 0 aliphatic rings. The van der Waals surface area contributed by atoms with Gasteiger partial charge in [-0.25, -0.2) is 4.98 Å². The third-order valence-corrected chi connectivity index (χ3v) is 2.23. The number of aliphatic hydroxyl groups excluding tert-OH is 1. The summed E-state index contributed by atoms with van der Waals surface area (Å²) in [7, 11) is 1.73. The van der Waals surface area contributed by atoms with Crippen LogP contribution < -0.4 is 11.1 Å². The second-order valence-corrected chi connectivity index (χ2v) is 3.35. The first-order chi connectivity index (χ1) is 7.70. The van der Waals surface area contributed by atoms with Gasteiger partial charge in [-0.3, -0.25) is 0 Å². The number of aliphatic hydroxyl groups is 1. The van der Waals surface area contributed by atoms with Crippen molar-refractivity contribution in [2.45, 2.75) is 6.23 Å². The molecule has 1 atom stereocenters. The van der Waals surface area contributed by atoms with E-state index in [1.807, 2.05) is 12.1 Å². The highest BCUT2D eigenvalue weighted by Crippen LogP contribution is 2.24. The molecular weight excluding hydrogens is 206 g/mol. The van der Waals surface area contributed by atoms with Crippen LogP contribution in [0.25, 0.3) is 11.3 Å². The van der Waals surface area contributed by atoms with Crippen LogP contribution in [0, 0.1) is 0 Å². The molecule has 0 fully saturated rings. The monoisotopic (exact) mass is 219 g/mol. The van der Waals surface area contributed by atoms with Crippen molar-refractivity contribution in [3.8, 4) is 11.3 Å². The number of nitrogens with one attached hydrogen (secondary N) is 1. The number of hydrogen-bond donors (Lipinski definition) is 3. The van der Waals surface area contributed by atoms with Gasteiger partial charge < -0.3 is 20.6 Å². The van der Waals surface area contributed by atoms with Gasteiger partial charge in [0.05, 0.1) is 6.20 Å². The molecule has 5 heteroatoms. The molecular formula is C11H13N3O2. The number of nitrogens with zero attached hydrogens (tertiary/aromatic N) is 1. The largest absolute Gasteiger partial charge is 0.424 e. The predicted octanol–water partition coefficient (Wildman–Crippen LogP) is 1.33. The summed E-state index contributed by atoms with van der Waals surface area (Å²) in [4.78, 5) is 4.01. The Bertz CT molecular complexity index is 480. The molecule has 84 valence electrons. The van der Waals surface area contributed by atoms with Gasteiger partial charge in [-0.1, -0.05) is 18.2 Å². The Morgan fingerprint density at radius 3 is 2.94 bits per heavy atom. The van der Waals surface area contributed by atoms with Crippen molar-refractivity contribution >= 4 is 6.01 Å². The quantitative estimate of drug-likeness (QED) is 0.678. The highest BCUT2D eigenvalue weighted by molar-refractivity contribution is 5.58. The lowest BCUT2D eigenvalue weighted by atomic mass is 10.1. The number of hydrogen-bond acceptors (Lipinski definition) is 5. The average Bonchev–Trinajstić information content (AvgIpc) is 2.77. The number of nitrogens with two attached hydrogens (primary N) is 1. The number of oxazole rings is 1. The molecule has 0 aliphatic carbocycles. The SMILES string of the molecule is CNc1ncc(-c2cccc(C(N)O)c2)o1. The molecule has 0 spiro atoms. The molecule has 0 radical (unpaired) electrons. The Balaban J connectivity index is 2.36. The minimum Gasteiger partial charge on any atom is -0.424 e. The van der Waals surface area contributed by atoms with Gasteiger partial charge in [0.25, 0.3) is 6.01 Å². The highest BCUT2D eigenvalue weighted by Gasteiger charge is 2.07. The lowest BCUT2D eigenvalue weighted by Crippen LogP contribution is -2.08. The van der Waals surface area contributed by atoms with Crippen molar-refractivity contribution in [1.82, 2.24) is 4.98 Å². The molecule has 16 heavy (non-hydrogen) atoms. The molecule has 0 amide bonds. The maximum absolute atomic E-state index is 9.27. The van der Waals surface area contributed by atoms with E-state index in [0.717, 1.165) is 5.56 Å². The van der Waals surface area contributed by atoms with Crippen LogP contribution in [-0.4, -0.2) is 17.1 Å². The minimum absolute atomic E-state index is 0.453. The van der Waals surface area contributed by atoms with Gasteiger partial charge in [0.15, 0.2) is 5.76 Å². The van der Waals surface area contributed by atoms with E-state index in [-0.39, 0.29) is 0 Å². The van der Waals surface area contributed by atoms with Crippen LogP contribution in [0.2, 0.25) is 0 Å². The zero-order chi connectivity index (χ0) is 11.5. The normalized spacial score (nSPS) is 12.4. The van der Waals surface area contributed by atoms with Gasteiger partial charge in [0.2, 0.25) is 0 Å². The maximum atomic E-state index is 9.27. The first-order valence-electron chi connectivity index (χ1n) is 4.88. The van der Waals surface area contributed by atoms with Crippen LogP contribution in [0.1, 0.15) is 11.8 Å². The Morgan fingerprint density at radius 2 is 2.31 bits per heavy atom. The topological polar surface area (TPSA) is 84.3 Å². The van der Waals surface area contributed by atoms with Crippen LogP contribution in [0.3, 0.4) is 0 Å². The fraction of sp³-hybridized carbons (Fsp3) is 0.182. The predicted molar refractivity (Wildman–Crippen MR) is 60.6 cm³/mol. The molecule has 0 saturated heterocycles. The molecule has 1 heterocycles. The first-order valence-corrected chi connectivity index (χ1v) is 4.88. The Kier molecular flexibility index (Phi) is 2.89. The van der Waals surface area contributed by atoms with E-state index in [4.69, 9.17) is 10.2 Å². The van der Waals surface area contributed by atoms with Crippen LogP contribution in [0.15, 0.2) is 34.9 Å². The molecule has 1 aromatic carbocycles. The van der Waals surface area contributed by atoms with Crippen molar-refractivity contribution in [1.29, 1.82) is 0 Å². The summed E-state index contributed by atoms with van der Waals surface area (Å²) in [5, 5.41) is 12.1. The van der Waals surface area contributed by atoms with Gasteiger partial charge in [-0.2, -0.15) is 0 Å². The van der Waals surface area contributed by atoms with Gasteiger partial charge >= 0.3 is 0 Å². The van der Waals surface area contributed by atoms with Gasteiger partial charge in [-0.05, 0) is 11.6 Å². The van der Waals surface area contributed by atoms with E-state index in [2.05, 4.69) is 10.3 Å². The Morgan fingerprint density at radius 1 is 1.50 bits per heavy atom. The van der Waals surface area contributed by atoms with Gasteiger partial charge in [0.1, 0.15) is 6.23 Å². The van der Waals surface area contributed by atoms with Crippen molar-refractivity contribution in [3.05, 3.63) is 36.0 Å². The molecule has 1 aromatic heterocycles. The second kappa shape index (κ2) is 4.34. The molecule has 2 aromatic rings. The molecule has 2 rings (SSSR count). The van der Waals surface area contributed by atoms with Crippen molar-refractivity contribution in [2.75, 3.05) is 12.4 Å².